The maximum Gasteiger partial charge on any atom is 0.255 e. The van der Waals surface area contributed by atoms with Gasteiger partial charge in [0.05, 0.1) is 29.7 Å². The highest BCUT2D eigenvalue weighted by molar-refractivity contribution is 7.71. The Morgan fingerprint density at radius 2 is 2.04 bits per heavy atom. The number of nitrogens with zero attached hydrogens (tertiary/aromatic N) is 4. The number of rotatable bonds is 6. The summed E-state index contributed by atoms with van der Waals surface area (Å²) in [5.41, 5.74) is 1.94. The van der Waals surface area contributed by atoms with Gasteiger partial charge in [0.2, 0.25) is 0 Å². The van der Waals surface area contributed by atoms with Crippen LogP contribution in [0.2, 0.25) is 0 Å². The number of aromatic amines is 1. The average Bonchev–Trinajstić information content (AvgIpc) is 3.23. The van der Waals surface area contributed by atoms with Crippen molar-refractivity contribution in [1.82, 2.24) is 29.9 Å². The molecule has 1 amide bonds. The van der Waals surface area contributed by atoms with Crippen LogP contribution in [0, 0.1) is 10.6 Å². The molecule has 0 unspecified atom stereocenters. The summed E-state index contributed by atoms with van der Waals surface area (Å²) in [6, 6.07) is 5.98. The molecule has 136 valence electrons. The highest BCUT2D eigenvalue weighted by Gasteiger charge is 2.18. The Kier molecular flexibility index (Phi) is 5.27. The zero-order valence-corrected chi connectivity index (χ0v) is 15.3. The third-order valence-corrected chi connectivity index (χ3v) is 4.39. The first-order valence-electron chi connectivity index (χ1n) is 8.30. The molecule has 2 heterocycles. The molecule has 0 aliphatic heterocycles. The number of benzene rings is 1. The number of hydrogen-bond donors (Lipinski definition) is 2. The number of carbonyl (C=O) groups excluding carboxylic acids is 1. The maximum absolute atomic E-state index is 13.1. The van der Waals surface area contributed by atoms with E-state index >= 15 is 0 Å². The molecular formula is C17H19FN6OS. The van der Waals surface area contributed by atoms with E-state index in [1.54, 1.807) is 16.8 Å². The van der Waals surface area contributed by atoms with Gasteiger partial charge in [-0.05, 0) is 49.8 Å². The van der Waals surface area contributed by atoms with Crippen molar-refractivity contribution in [1.29, 1.82) is 0 Å². The van der Waals surface area contributed by atoms with Crippen LogP contribution < -0.4 is 5.32 Å². The highest BCUT2D eigenvalue weighted by Crippen LogP contribution is 2.16. The van der Waals surface area contributed by atoms with Crippen LogP contribution in [0.1, 0.15) is 35.7 Å². The lowest BCUT2D eigenvalue weighted by Gasteiger charge is -2.09. The fourth-order valence-corrected chi connectivity index (χ4v) is 3.05. The fraction of sp³-hybridized carbons (Fsp3) is 0.294. The summed E-state index contributed by atoms with van der Waals surface area (Å²) in [4.78, 5) is 12.6. The number of H-pyrrole nitrogens is 1. The molecule has 3 aromatic rings. The Hall–Kier alpha value is -2.81. The molecule has 7 nitrogen and oxygen atoms in total. The van der Waals surface area contributed by atoms with Gasteiger partial charge in [-0.25, -0.2) is 9.07 Å². The molecule has 3 rings (SSSR count). The van der Waals surface area contributed by atoms with Crippen molar-refractivity contribution in [2.75, 3.05) is 0 Å². The van der Waals surface area contributed by atoms with Crippen LogP contribution in [-0.4, -0.2) is 30.5 Å². The van der Waals surface area contributed by atoms with Gasteiger partial charge in [-0.2, -0.15) is 10.2 Å². The van der Waals surface area contributed by atoms with Crippen molar-refractivity contribution < 1.29 is 9.18 Å². The Bertz CT molecular complexity index is 972. The lowest BCUT2D eigenvalue weighted by atomic mass is 10.2. The lowest BCUT2D eigenvalue weighted by Crippen LogP contribution is -2.25. The second kappa shape index (κ2) is 7.61. The van der Waals surface area contributed by atoms with Crippen molar-refractivity contribution in [2.24, 2.45) is 0 Å². The van der Waals surface area contributed by atoms with Crippen LogP contribution in [0.15, 0.2) is 30.5 Å². The standard InChI is InChI=1S/C17H19FN6OS/c1-3-14-13(9-20-24(14)12-7-5-11(18)6-8-12)16(25)19-10-15-21-22-17(26)23(15)4-2/h5-9H,3-4,10H2,1-2H3,(H,19,25)(H,22,26). The number of carbonyl (C=O) groups is 1. The molecule has 26 heavy (non-hydrogen) atoms. The molecule has 1 aromatic carbocycles. The Labute approximate surface area is 154 Å². The maximum atomic E-state index is 13.1. The van der Waals surface area contributed by atoms with E-state index in [4.69, 9.17) is 12.2 Å². The third kappa shape index (κ3) is 3.43. The molecule has 2 N–H and O–H groups in total. The number of hydrogen-bond acceptors (Lipinski definition) is 4. The summed E-state index contributed by atoms with van der Waals surface area (Å²) in [7, 11) is 0. The SMILES string of the molecule is CCc1c(C(=O)NCc2n[nH]c(=S)n2CC)cnn1-c1ccc(F)cc1. The lowest BCUT2D eigenvalue weighted by molar-refractivity contribution is 0.0948. The molecule has 0 aliphatic rings. The molecule has 0 atom stereocenters. The average molecular weight is 374 g/mol. The second-order valence-corrected chi connectivity index (χ2v) is 6.01. The smallest absolute Gasteiger partial charge is 0.255 e. The van der Waals surface area contributed by atoms with Gasteiger partial charge in [0.1, 0.15) is 5.82 Å². The fourth-order valence-electron chi connectivity index (χ4n) is 2.77. The summed E-state index contributed by atoms with van der Waals surface area (Å²) >= 11 is 5.14. The monoisotopic (exact) mass is 374 g/mol. The van der Waals surface area contributed by atoms with E-state index in [1.807, 2.05) is 18.4 Å². The van der Waals surface area contributed by atoms with Crippen LogP contribution in [0.25, 0.3) is 5.69 Å². The minimum atomic E-state index is -0.318. The van der Waals surface area contributed by atoms with Crippen LogP contribution in [-0.2, 0) is 19.5 Å². The van der Waals surface area contributed by atoms with Crippen molar-refractivity contribution in [3.8, 4) is 5.69 Å². The number of aromatic nitrogens is 5. The number of nitrogens with one attached hydrogen (secondary N) is 2. The molecule has 0 bridgehead atoms. The van der Waals surface area contributed by atoms with Gasteiger partial charge in [-0.3, -0.25) is 9.89 Å². The van der Waals surface area contributed by atoms with Crippen LogP contribution in [0.4, 0.5) is 4.39 Å². The summed E-state index contributed by atoms with van der Waals surface area (Å²) in [6.45, 7) is 4.82. The predicted octanol–water partition coefficient (Wildman–Crippen LogP) is 2.78. The Morgan fingerprint density at radius 1 is 1.31 bits per heavy atom. The van der Waals surface area contributed by atoms with Gasteiger partial charge >= 0.3 is 0 Å². The Balaban J connectivity index is 1.81. The second-order valence-electron chi connectivity index (χ2n) is 5.62. The quantitative estimate of drug-likeness (QED) is 0.650. The zero-order valence-electron chi connectivity index (χ0n) is 14.5. The third-order valence-electron chi connectivity index (χ3n) is 4.08. The normalized spacial score (nSPS) is 10.9. The molecule has 0 aliphatic carbocycles. The molecule has 0 radical (unpaired) electrons. The minimum Gasteiger partial charge on any atom is -0.345 e. The molecule has 0 fully saturated rings. The summed E-state index contributed by atoms with van der Waals surface area (Å²) < 4.78 is 17.1. The summed E-state index contributed by atoms with van der Waals surface area (Å²) in [5, 5.41) is 14.0. The predicted molar refractivity (Wildman–Crippen MR) is 97.2 cm³/mol. The van der Waals surface area contributed by atoms with Crippen LogP contribution >= 0.6 is 12.2 Å². The van der Waals surface area contributed by atoms with E-state index in [9.17, 15) is 9.18 Å². The first-order valence-corrected chi connectivity index (χ1v) is 8.71. The largest absolute Gasteiger partial charge is 0.345 e. The van der Waals surface area contributed by atoms with Gasteiger partial charge in [0, 0.05) is 6.54 Å². The first kappa shape index (κ1) is 18.0. The first-order chi connectivity index (χ1) is 12.5. The van der Waals surface area contributed by atoms with E-state index in [0.717, 1.165) is 5.69 Å². The van der Waals surface area contributed by atoms with Crippen molar-refractivity contribution in [3.05, 3.63) is 58.1 Å². The van der Waals surface area contributed by atoms with Gasteiger partial charge in [0.25, 0.3) is 5.91 Å². The van der Waals surface area contributed by atoms with Crippen molar-refractivity contribution in [2.45, 2.75) is 33.4 Å². The van der Waals surface area contributed by atoms with E-state index in [-0.39, 0.29) is 18.3 Å². The van der Waals surface area contributed by atoms with Gasteiger partial charge in [0.15, 0.2) is 10.6 Å². The van der Waals surface area contributed by atoms with E-state index in [1.165, 1.54) is 18.3 Å². The summed E-state index contributed by atoms with van der Waals surface area (Å²) in [5.74, 6) is 0.0999. The number of halogens is 1. The van der Waals surface area contributed by atoms with Gasteiger partial charge in [-0.1, -0.05) is 6.92 Å². The zero-order chi connectivity index (χ0) is 18.7. The molecule has 0 saturated carbocycles. The molecule has 0 spiro atoms. The molecule has 9 heteroatoms. The van der Waals surface area contributed by atoms with E-state index in [2.05, 4.69) is 20.6 Å². The molecular weight excluding hydrogens is 355 g/mol. The minimum absolute atomic E-state index is 0.244. The van der Waals surface area contributed by atoms with Crippen molar-refractivity contribution >= 4 is 18.1 Å². The van der Waals surface area contributed by atoms with E-state index < -0.39 is 0 Å². The topological polar surface area (TPSA) is 80.5 Å². The number of amides is 1. The molecule has 0 saturated heterocycles. The van der Waals surface area contributed by atoms with E-state index in [0.29, 0.717) is 34.8 Å². The molecule has 2 aromatic heterocycles. The van der Waals surface area contributed by atoms with Gasteiger partial charge < -0.3 is 9.88 Å². The van der Waals surface area contributed by atoms with Crippen LogP contribution in [0.3, 0.4) is 0 Å². The summed E-state index contributed by atoms with van der Waals surface area (Å²) in [6.07, 6.45) is 2.13. The Morgan fingerprint density at radius 3 is 2.69 bits per heavy atom. The van der Waals surface area contributed by atoms with Gasteiger partial charge in [-0.15, -0.1) is 0 Å². The van der Waals surface area contributed by atoms with Crippen LogP contribution in [0.5, 0.6) is 0 Å². The highest BCUT2D eigenvalue weighted by atomic mass is 32.1. The van der Waals surface area contributed by atoms with Crippen molar-refractivity contribution in [3.63, 3.8) is 0 Å².